The highest BCUT2D eigenvalue weighted by molar-refractivity contribution is 7.13. The third kappa shape index (κ3) is 2.63. The number of hydrogen-bond acceptors (Lipinski definition) is 5. The average Bonchev–Trinajstić information content (AvgIpc) is 2.75. The lowest BCUT2D eigenvalue weighted by Crippen LogP contribution is -2.12. The standard InChI is InChI=1S/C8H13N3OS/c1-2-7(12-5-1)3-4-9-8-11-10-6-13-8/h6-7H,1-5H2,(H,9,11). The fraction of sp³-hybridized carbons (Fsp3) is 0.750. The largest absolute Gasteiger partial charge is 0.378 e. The SMILES string of the molecule is c1nnc(NCCC2CCCO2)s1. The topological polar surface area (TPSA) is 47.0 Å². The van der Waals surface area contributed by atoms with Gasteiger partial charge in [-0.2, -0.15) is 0 Å². The van der Waals surface area contributed by atoms with Crippen LogP contribution in [0, 0.1) is 0 Å². The molecule has 1 aromatic rings. The number of nitrogens with zero attached hydrogens (tertiary/aromatic N) is 2. The molecule has 0 aromatic carbocycles. The summed E-state index contributed by atoms with van der Waals surface area (Å²) in [5, 5.41) is 11.8. The molecule has 4 nitrogen and oxygen atoms in total. The van der Waals surface area contributed by atoms with Gasteiger partial charge in [0, 0.05) is 13.2 Å². The predicted octanol–water partition coefficient (Wildman–Crippen LogP) is 1.52. The van der Waals surface area contributed by atoms with Crippen LogP contribution in [-0.2, 0) is 4.74 Å². The maximum absolute atomic E-state index is 5.50. The highest BCUT2D eigenvalue weighted by Crippen LogP contribution is 2.15. The van der Waals surface area contributed by atoms with E-state index in [1.54, 1.807) is 5.51 Å². The third-order valence-corrected chi connectivity index (χ3v) is 2.78. The molecule has 1 unspecified atom stereocenters. The quantitative estimate of drug-likeness (QED) is 0.798. The van der Waals surface area contributed by atoms with Gasteiger partial charge in [0.1, 0.15) is 5.51 Å². The molecule has 0 radical (unpaired) electrons. The summed E-state index contributed by atoms with van der Waals surface area (Å²) < 4.78 is 5.50. The predicted molar refractivity (Wildman–Crippen MR) is 52.0 cm³/mol. The summed E-state index contributed by atoms with van der Waals surface area (Å²) in [4.78, 5) is 0. The van der Waals surface area contributed by atoms with Crippen molar-refractivity contribution >= 4 is 16.5 Å². The molecule has 1 aliphatic rings. The van der Waals surface area contributed by atoms with Crippen molar-refractivity contribution in [3.05, 3.63) is 5.51 Å². The van der Waals surface area contributed by atoms with E-state index in [1.807, 2.05) is 0 Å². The number of nitrogens with one attached hydrogen (secondary N) is 1. The molecule has 5 heteroatoms. The van der Waals surface area contributed by atoms with Crippen LogP contribution < -0.4 is 5.32 Å². The van der Waals surface area contributed by atoms with E-state index in [0.29, 0.717) is 6.10 Å². The van der Waals surface area contributed by atoms with Crippen LogP contribution in [0.3, 0.4) is 0 Å². The molecule has 1 N–H and O–H groups in total. The van der Waals surface area contributed by atoms with Gasteiger partial charge in [-0.15, -0.1) is 10.2 Å². The molecule has 72 valence electrons. The highest BCUT2D eigenvalue weighted by atomic mass is 32.1. The van der Waals surface area contributed by atoms with E-state index in [4.69, 9.17) is 4.74 Å². The van der Waals surface area contributed by atoms with Crippen molar-refractivity contribution in [1.29, 1.82) is 0 Å². The lowest BCUT2D eigenvalue weighted by Gasteiger charge is -2.08. The van der Waals surface area contributed by atoms with Gasteiger partial charge in [0.05, 0.1) is 6.10 Å². The van der Waals surface area contributed by atoms with Crippen molar-refractivity contribution in [2.75, 3.05) is 18.5 Å². The fourth-order valence-electron chi connectivity index (χ4n) is 1.46. The Balaban J connectivity index is 1.63. The Bertz CT molecular complexity index is 234. The Kier molecular flexibility index (Phi) is 3.10. The molecule has 13 heavy (non-hydrogen) atoms. The molecule has 0 saturated carbocycles. The van der Waals surface area contributed by atoms with Crippen molar-refractivity contribution in [2.24, 2.45) is 0 Å². The Morgan fingerprint density at radius 2 is 2.69 bits per heavy atom. The molecule has 2 rings (SSSR count). The minimum absolute atomic E-state index is 0.459. The first-order valence-corrected chi connectivity index (χ1v) is 5.45. The molecule has 1 atom stereocenters. The lowest BCUT2D eigenvalue weighted by molar-refractivity contribution is 0.107. The van der Waals surface area contributed by atoms with Crippen molar-refractivity contribution in [3.8, 4) is 0 Å². The number of aromatic nitrogens is 2. The van der Waals surface area contributed by atoms with Crippen LogP contribution >= 0.6 is 11.3 Å². The van der Waals surface area contributed by atoms with Gasteiger partial charge < -0.3 is 10.1 Å². The summed E-state index contributed by atoms with van der Waals surface area (Å²) in [6, 6.07) is 0. The molecule has 1 fully saturated rings. The normalized spacial score (nSPS) is 22.0. The molecule has 1 aliphatic heterocycles. The summed E-state index contributed by atoms with van der Waals surface area (Å²) in [7, 11) is 0. The Morgan fingerprint density at radius 1 is 1.69 bits per heavy atom. The van der Waals surface area contributed by atoms with Crippen LogP contribution in [-0.4, -0.2) is 29.5 Å². The van der Waals surface area contributed by atoms with Gasteiger partial charge in [-0.3, -0.25) is 0 Å². The fourth-order valence-corrected chi connectivity index (χ4v) is 1.94. The molecule has 0 bridgehead atoms. The number of hydrogen-bond donors (Lipinski definition) is 1. The lowest BCUT2D eigenvalue weighted by atomic mass is 10.2. The number of rotatable bonds is 4. The van der Waals surface area contributed by atoms with Crippen LogP contribution in [0.2, 0.25) is 0 Å². The molecular formula is C8H13N3OS. The van der Waals surface area contributed by atoms with E-state index in [2.05, 4.69) is 15.5 Å². The molecule has 0 amide bonds. The zero-order valence-corrected chi connectivity index (χ0v) is 8.22. The van der Waals surface area contributed by atoms with E-state index >= 15 is 0 Å². The average molecular weight is 199 g/mol. The molecule has 0 spiro atoms. The van der Waals surface area contributed by atoms with Crippen LogP contribution in [0.25, 0.3) is 0 Å². The first-order chi connectivity index (χ1) is 6.45. The summed E-state index contributed by atoms with van der Waals surface area (Å²) in [6.07, 6.45) is 3.95. The van der Waals surface area contributed by atoms with Gasteiger partial charge in [0.25, 0.3) is 0 Å². The zero-order valence-electron chi connectivity index (χ0n) is 7.40. The van der Waals surface area contributed by atoms with Gasteiger partial charge in [-0.05, 0) is 19.3 Å². The minimum atomic E-state index is 0.459. The third-order valence-electron chi connectivity index (χ3n) is 2.13. The van der Waals surface area contributed by atoms with Gasteiger partial charge in [-0.25, -0.2) is 0 Å². The van der Waals surface area contributed by atoms with Crippen molar-refractivity contribution in [2.45, 2.75) is 25.4 Å². The van der Waals surface area contributed by atoms with Gasteiger partial charge in [0.2, 0.25) is 5.13 Å². The van der Waals surface area contributed by atoms with Gasteiger partial charge in [-0.1, -0.05) is 11.3 Å². The van der Waals surface area contributed by atoms with Crippen LogP contribution in [0.15, 0.2) is 5.51 Å². The molecule has 1 aromatic heterocycles. The number of ether oxygens (including phenoxy) is 1. The second-order valence-electron chi connectivity index (χ2n) is 3.09. The minimum Gasteiger partial charge on any atom is -0.378 e. The maximum Gasteiger partial charge on any atom is 0.205 e. The molecular weight excluding hydrogens is 186 g/mol. The van der Waals surface area contributed by atoms with Crippen molar-refractivity contribution in [3.63, 3.8) is 0 Å². The van der Waals surface area contributed by atoms with Crippen LogP contribution in [0.1, 0.15) is 19.3 Å². The van der Waals surface area contributed by atoms with Crippen molar-refractivity contribution < 1.29 is 4.74 Å². The monoisotopic (exact) mass is 199 g/mol. The van der Waals surface area contributed by atoms with E-state index in [1.165, 1.54) is 24.2 Å². The summed E-state index contributed by atoms with van der Waals surface area (Å²) in [5.74, 6) is 0. The highest BCUT2D eigenvalue weighted by Gasteiger charge is 2.14. The van der Waals surface area contributed by atoms with Crippen LogP contribution in [0.5, 0.6) is 0 Å². The second-order valence-corrected chi connectivity index (χ2v) is 3.93. The van der Waals surface area contributed by atoms with Gasteiger partial charge in [0.15, 0.2) is 0 Å². The first kappa shape index (κ1) is 8.90. The van der Waals surface area contributed by atoms with E-state index in [-0.39, 0.29) is 0 Å². The molecule has 2 heterocycles. The number of anilines is 1. The Hall–Kier alpha value is -0.680. The molecule has 0 aliphatic carbocycles. The van der Waals surface area contributed by atoms with E-state index < -0.39 is 0 Å². The first-order valence-electron chi connectivity index (χ1n) is 4.57. The Labute approximate surface area is 81.3 Å². The summed E-state index contributed by atoms with van der Waals surface area (Å²) in [5.41, 5.74) is 1.73. The second kappa shape index (κ2) is 4.53. The van der Waals surface area contributed by atoms with Crippen LogP contribution in [0.4, 0.5) is 5.13 Å². The summed E-state index contributed by atoms with van der Waals surface area (Å²) >= 11 is 1.53. The van der Waals surface area contributed by atoms with E-state index in [0.717, 1.165) is 24.7 Å². The summed E-state index contributed by atoms with van der Waals surface area (Å²) in [6.45, 7) is 1.86. The molecule has 1 saturated heterocycles. The maximum atomic E-state index is 5.50. The zero-order chi connectivity index (χ0) is 8.93. The van der Waals surface area contributed by atoms with E-state index in [9.17, 15) is 0 Å². The van der Waals surface area contributed by atoms with Crippen molar-refractivity contribution in [1.82, 2.24) is 10.2 Å². The Morgan fingerprint density at radius 3 is 3.38 bits per heavy atom. The smallest absolute Gasteiger partial charge is 0.205 e. The van der Waals surface area contributed by atoms with Gasteiger partial charge >= 0.3 is 0 Å².